The summed E-state index contributed by atoms with van der Waals surface area (Å²) in [6, 6.07) is 20.7. The SMILES string of the molecule is CCc1ccc(S(=O)(=O)Nc2ccc(-n3c(C)nc4ccccc4c3=O)cc2)cc1. The van der Waals surface area contributed by atoms with Gasteiger partial charge >= 0.3 is 0 Å². The van der Waals surface area contributed by atoms with Gasteiger partial charge in [-0.25, -0.2) is 13.4 Å². The van der Waals surface area contributed by atoms with Crippen molar-refractivity contribution in [1.29, 1.82) is 0 Å². The van der Waals surface area contributed by atoms with E-state index in [0.29, 0.717) is 28.1 Å². The van der Waals surface area contributed by atoms with E-state index in [0.717, 1.165) is 12.0 Å². The molecule has 0 fully saturated rings. The maximum Gasteiger partial charge on any atom is 0.265 e. The van der Waals surface area contributed by atoms with E-state index in [2.05, 4.69) is 9.71 Å². The molecule has 0 aliphatic carbocycles. The first kappa shape index (κ1) is 19.8. The van der Waals surface area contributed by atoms with Crippen molar-refractivity contribution in [2.75, 3.05) is 4.72 Å². The van der Waals surface area contributed by atoms with Gasteiger partial charge in [0.2, 0.25) is 0 Å². The Morgan fingerprint density at radius 3 is 2.27 bits per heavy atom. The van der Waals surface area contributed by atoms with Crippen molar-refractivity contribution in [3.05, 3.63) is 94.5 Å². The molecule has 1 N–H and O–H groups in total. The Bertz CT molecular complexity index is 1370. The number of sulfonamides is 1. The topological polar surface area (TPSA) is 81.1 Å². The summed E-state index contributed by atoms with van der Waals surface area (Å²) in [4.78, 5) is 17.6. The third kappa shape index (κ3) is 3.71. The monoisotopic (exact) mass is 419 g/mol. The van der Waals surface area contributed by atoms with Crippen LogP contribution in [0.1, 0.15) is 18.3 Å². The lowest BCUT2D eigenvalue weighted by atomic mass is 10.2. The van der Waals surface area contributed by atoms with Gasteiger partial charge in [-0.05, 0) is 67.4 Å². The van der Waals surface area contributed by atoms with Crippen LogP contribution < -0.4 is 10.3 Å². The van der Waals surface area contributed by atoms with Gasteiger partial charge in [-0.15, -0.1) is 0 Å². The number of hydrogen-bond acceptors (Lipinski definition) is 4. The zero-order valence-corrected chi connectivity index (χ0v) is 17.5. The van der Waals surface area contributed by atoms with Crippen LogP contribution in [0.25, 0.3) is 16.6 Å². The number of rotatable bonds is 5. The van der Waals surface area contributed by atoms with Crippen LogP contribution in [0.2, 0.25) is 0 Å². The number of aryl methyl sites for hydroxylation is 2. The first-order valence-corrected chi connectivity index (χ1v) is 11.1. The average molecular weight is 420 g/mol. The molecule has 0 bridgehead atoms. The predicted octanol–water partition coefficient (Wildman–Crippen LogP) is 4.06. The van der Waals surface area contributed by atoms with E-state index in [1.165, 1.54) is 4.57 Å². The molecule has 0 saturated carbocycles. The fourth-order valence-corrected chi connectivity index (χ4v) is 4.40. The standard InChI is InChI=1S/C23H21N3O3S/c1-3-17-8-14-20(15-9-17)30(28,29)25-18-10-12-19(13-11-18)26-16(2)24-22-7-5-4-6-21(22)23(26)27/h4-15,25H,3H2,1-2H3. The van der Waals surface area contributed by atoms with E-state index in [1.807, 2.05) is 13.0 Å². The fourth-order valence-electron chi connectivity index (χ4n) is 3.34. The summed E-state index contributed by atoms with van der Waals surface area (Å²) in [7, 11) is -3.69. The number of nitrogens with zero attached hydrogens (tertiary/aromatic N) is 2. The second-order valence-electron chi connectivity index (χ2n) is 6.97. The number of nitrogens with one attached hydrogen (secondary N) is 1. The molecule has 0 unspecified atom stereocenters. The van der Waals surface area contributed by atoms with Crippen molar-refractivity contribution in [3.63, 3.8) is 0 Å². The van der Waals surface area contributed by atoms with Crippen molar-refractivity contribution >= 4 is 26.6 Å². The molecular weight excluding hydrogens is 398 g/mol. The molecule has 0 aliphatic rings. The van der Waals surface area contributed by atoms with Crippen molar-refractivity contribution in [3.8, 4) is 5.69 Å². The number of anilines is 1. The molecule has 0 amide bonds. The van der Waals surface area contributed by atoms with E-state index in [1.54, 1.807) is 73.7 Å². The van der Waals surface area contributed by atoms with Crippen LogP contribution >= 0.6 is 0 Å². The van der Waals surface area contributed by atoms with Crippen LogP contribution in [-0.2, 0) is 16.4 Å². The Kier molecular flexibility index (Phi) is 5.13. The number of benzene rings is 3. The van der Waals surface area contributed by atoms with Crippen molar-refractivity contribution in [1.82, 2.24) is 9.55 Å². The highest BCUT2D eigenvalue weighted by Crippen LogP contribution is 2.19. The summed E-state index contributed by atoms with van der Waals surface area (Å²) in [6.07, 6.45) is 0.845. The molecule has 152 valence electrons. The molecule has 1 heterocycles. The van der Waals surface area contributed by atoms with E-state index >= 15 is 0 Å². The number of para-hydroxylation sites is 1. The maximum atomic E-state index is 12.9. The Morgan fingerprint density at radius 1 is 0.933 bits per heavy atom. The van der Waals surface area contributed by atoms with Crippen molar-refractivity contribution in [2.24, 2.45) is 0 Å². The summed E-state index contributed by atoms with van der Waals surface area (Å²) in [5.41, 5.74) is 2.59. The average Bonchev–Trinajstić information content (AvgIpc) is 2.75. The quantitative estimate of drug-likeness (QED) is 0.529. The molecule has 4 aromatic rings. The van der Waals surface area contributed by atoms with Gasteiger partial charge in [-0.2, -0.15) is 0 Å². The highest BCUT2D eigenvalue weighted by molar-refractivity contribution is 7.92. The van der Waals surface area contributed by atoms with Crippen LogP contribution in [0, 0.1) is 6.92 Å². The van der Waals surface area contributed by atoms with Gasteiger partial charge in [0.25, 0.3) is 15.6 Å². The summed E-state index contributed by atoms with van der Waals surface area (Å²) in [5, 5.41) is 0.531. The van der Waals surface area contributed by atoms with E-state index in [-0.39, 0.29) is 10.5 Å². The van der Waals surface area contributed by atoms with Gasteiger partial charge < -0.3 is 0 Å². The van der Waals surface area contributed by atoms with Crippen LogP contribution in [-0.4, -0.2) is 18.0 Å². The minimum atomic E-state index is -3.69. The van der Waals surface area contributed by atoms with Gasteiger partial charge in [-0.1, -0.05) is 31.2 Å². The van der Waals surface area contributed by atoms with Gasteiger partial charge in [-0.3, -0.25) is 14.1 Å². The minimum absolute atomic E-state index is 0.164. The second kappa shape index (κ2) is 7.76. The summed E-state index contributed by atoms with van der Waals surface area (Å²) < 4.78 is 29.4. The maximum absolute atomic E-state index is 12.9. The Morgan fingerprint density at radius 2 is 1.60 bits per heavy atom. The third-order valence-electron chi connectivity index (χ3n) is 4.96. The molecular formula is C23H21N3O3S. The van der Waals surface area contributed by atoms with Crippen LogP contribution in [0.4, 0.5) is 5.69 Å². The number of aromatic nitrogens is 2. The smallest absolute Gasteiger partial charge is 0.265 e. The van der Waals surface area contributed by atoms with Gasteiger partial charge in [0.1, 0.15) is 5.82 Å². The Hall–Kier alpha value is -3.45. The molecule has 7 heteroatoms. The Labute approximate surface area is 174 Å². The lowest BCUT2D eigenvalue weighted by molar-refractivity contribution is 0.601. The van der Waals surface area contributed by atoms with E-state index < -0.39 is 10.0 Å². The molecule has 0 radical (unpaired) electrons. The zero-order chi connectivity index (χ0) is 21.3. The molecule has 0 aliphatic heterocycles. The fraction of sp³-hybridized carbons (Fsp3) is 0.130. The molecule has 3 aromatic carbocycles. The molecule has 0 atom stereocenters. The number of hydrogen-bond donors (Lipinski definition) is 1. The minimum Gasteiger partial charge on any atom is -0.280 e. The summed E-state index contributed by atoms with van der Waals surface area (Å²) >= 11 is 0. The summed E-state index contributed by atoms with van der Waals surface area (Å²) in [5.74, 6) is 0.558. The summed E-state index contributed by atoms with van der Waals surface area (Å²) in [6.45, 7) is 3.78. The van der Waals surface area contributed by atoms with Gasteiger partial charge in [0.05, 0.1) is 21.5 Å². The number of fused-ring (bicyclic) bond motifs is 1. The first-order valence-electron chi connectivity index (χ1n) is 9.59. The van der Waals surface area contributed by atoms with Crippen LogP contribution in [0.5, 0.6) is 0 Å². The predicted molar refractivity (Wildman–Crippen MR) is 119 cm³/mol. The zero-order valence-electron chi connectivity index (χ0n) is 16.7. The van der Waals surface area contributed by atoms with Crippen LogP contribution in [0.15, 0.2) is 82.5 Å². The van der Waals surface area contributed by atoms with Gasteiger partial charge in [0.15, 0.2) is 0 Å². The highest BCUT2D eigenvalue weighted by atomic mass is 32.2. The van der Waals surface area contributed by atoms with Crippen LogP contribution in [0.3, 0.4) is 0 Å². The van der Waals surface area contributed by atoms with Gasteiger partial charge in [0, 0.05) is 5.69 Å². The van der Waals surface area contributed by atoms with Crippen molar-refractivity contribution < 1.29 is 8.42 Å². The van der Waals surface area contributed by atoms with E-state index in [9.17, 15) is 13.2 Å². The molecule has 4 rings (SSSR count). The molecule has 0 saturated heterocycles. The largest absolute Gasteiger partial charge is 0.280 e. The lowest BCUT2D eigenvalue weighted by Gasteiger charge is -2.12. The lowest BCUT2D eigenvalue weighted by Crippen LogP contribution is -2.22. The molecule has 30 heavy (non-hydrogen) atoms. The first-order chi connectivity index (χ1) is 14.4. The van der Waals surface area contributed by atoms with Crippen molar-refractivity contribution in [2.45, 2.75) is 25.2 Å². The molecule has 6 nitrogen and oxygen atoms in total. The third-order valence-corrected chi connectivity index (χ3v) is 6.36. The Balaban J connectivity index is 1.65. The highest BCUT2D eigenvalue weighted by Gasteiger charge is 2.15. The van der Waals surface area contributed by atoms with E-state index in [4.69, 9.17) is 0 Å². The molecule has 1 aromatic heterocycles. The normalized spacial score (nSPS) is 11.5. The molecule has 0 spiro atoms. The second-order valence-corrected chi connectivity index (χ2v) is 8.65.